The maximum absolute atomic E-state index is 13.1. The monoisotopic (exact) mass is 402 g/mol. The zero-order valence-electron chi connectivity index (χ0n) is 16.3. The van der Waals surface area contributed by atoms with Gasteiger partial charge in [-0.15, -0.1) is 11.3 Å². The molecule has 0 bridgehead atoms. The van der Waals surface area contributed by atoms with Crippen LogP contribution in [-0.4, -0.2) is 46.5 Å². The summed E-state index contributed by atoms with van der Waals surface area (Å²) in [4.78, 5) is 22.5. The summed E-state index contributed by atoms with van der Waals surface area (Å²) in [5.41, 5.74) is 2.35. The van der Waals surface area contributed by atoms with Gasteiger partial charge >= 0.3 is 0 Å². The van der Waals surface area contributed by atoms with Crippen LogP contribution in [0, 0.1) is 6.92 Å². The zero-order chi connectivity index (χ0) is 19.8. The van der Waals surface area contributed by atoms with Crippen molar-refractivity contribution in [2.75, 3.05) is 31.1 Å². The van der Waals surface area contributed by atoms with Crippen LogP contribution >= 0.6 is 11.3 Å². The van der Waals surface area contributed by atoms with Gasteiger partial charge in [-0.25, -0.2) is 4.98 Å². The van der Waals surface area contributed by atoms with Crippen LogP contribution in [-0.2, 0) is 0 Å². The van der Waals surface area contributed by atoms with E-state index < -0.39 is 0 Å². The third-order valence-corrected chi connectivity index (χ3v) is 6.52. The lowest BCUT2D eigenvalue weighted by molar-refractivity contribution is 0.0751. The SMILES string of the molecule is Cc1cc2ccccc2n1-c1ccc(C(=O)N2CCN(c3ccccn3)CC2)s1. The number of thiophene rings is 1. The van der Waals surface area contributed by atoms with E-state index in [1.54, 1.807) is 11.3 Å². The summed E-state index contributed by atoms with van der Waals surface area (Å²) in [6.45, 7) is 5.16. The van der Waals surface area contributed by atoms with E-state index in [9.17, 15) is 4.79 Å². The van der Waals surface area contributed by atoms with E-state index in [2.05, 4.69) is 57.8 Å². The quantitative estimate of drug-likeness (QED) is 0.511. The maximum Gasteiger partial charge on any atom is 0.264 e. The molecule has 5 rings (SSSR count). The minimum absolute atomic E-state index is 0.121. The number of carbonyl (C=O) groups is 1. The van der Waals surface area contributed by atoms with Crippen molar-refractivity contribution in [1.82, 2.24) is 14.5 Å². The van der Waals surface area contributed by atoms with Crippen molar-refractivity contribution >= 4 is 34.0 Å². The minimum Gasteiger partial charge on any atom is -0.353 e. The second-order valence-corrected chi connectivity index (χ2v) is 8.35. The van der Waals surface area contributed by atoms with Crippen LogP contribution in [0.15, 0.2) is 66.9 Å². The normalized spacial score (nSPS) is 14.5. The summed E-state index contributed by atoms with van der Waals surface area (Å²) in [6.07, 6.45) is 1.81. The van der Waals surface area contributed by atoms with Crippen molar-refractivity contribution in [1.29, 1.82) is 0 Å². The Morgan fingerprint density at radius 3 is 2.55 bits per heavy atom. The molecule has 4 heterocycles. The van der Waals surface area contributed by atoms with Crippen molar-refractivity contribution in [3.63, 3.8) is 0 Å². The lowest BCUT2D eigenvalue weighted by Gasteiger charge is -2.35. The molecule has 6 heteroatoms. The molecule has 3 aromatic heterocycles. The lowest BCUT2D eigenvalue weighted by atomic mass is 10.2. The number of aromatic nitrogens is 2. The van der Waals surface area contributed by atoms with Crippen LogP contribution in [0.5, 0.6) is 0 Å². The average Bonchev–Trinajstić information content (AvgIpc) is 3.37. The second-order valence-electron chi connectivity index (χ2n) is 7.29. The Morgan fingerprint density at radius 1 is 0.966 bits per heavy atom. The van der Waals surface area contributed by atoms with E-state index in [4.69, 9.17) is 0 Å². The molecule has 0 N–H and O–H groups in total. The summed E-state index contributed by atoms with van der Waals surface area (Å²) >= 11 is 1.56. The predicted octanol–water partition coefficient (Wildman–Crippen LogP) is 4.36. The highest BCUT2D eigenvalue weighted by Crippen LogP contribution is 2.29. The highest BCUT2D eigenvalue weighted by atomic mass is 32.1. The third kappa shape index (κ3) is 3.29. The summed E-state index contributed by atoms with van der Waals surface area (Å²) in [6, 6.07) is 20.5. The molecule has 0 saturated carbocycles. The van der Waals surface area contributed by atoms with E-state index in [-0.39, 0.29) is 5.91 Å². The van der Waals surface area contributed by atoms with Crippen molar-refractivity contribution in [2.24, 2.45) is 0 Å². The number of carbonyl (C=O) groups excluding carboxylic acids is 1. The van der Waals surface area contributed by atoms with Crippen LogP contribution in [0.25, 0.3) is 15.9 Å². The van der Waals surface area contributed by atoms with Crippen molar-refractivity contribution < 1.29 is 4.79 Å². The van der Waals surface area contributed by atoms with Gasteiger partial charge in [-0.05, 0) is 43.3 Å². The fourth-order valence-corrected chi connectivity index (χ4v) is 5.03. The molecule has 4 aromatic rings. The predicted molar refractivity (Wildman–Crippen MR) is 118 cm³/mol. The van der Waals surface area contributed by atoms with Crippen molar-refractivity contribution in [2.45, 2.75) is 6.92 Å². The molecule has 1 aliphatic rings. The molecule has 29 heavy (non-hydrogen) atoms. The molecular formula is C23H22N4OS. The molecule has 0 unspecified atom stereocenters. The Bertz CT molecular complexity index is 1160. The molecule has 0 radical (unpaired) electrons. The van der Waals surface area contributed by atoms with Gasteiger partial charge in [0, 0.05) is 43.5 Å². The van der Waals surface area contributed by atoms with Gasteiger partial charge < -0.3 is 14.4 Å². The highest BCUT2D eigenvalue weighted by molar-refractivity contribution is 7.16. The molecule has 0 atom stereocenters. The van der Waals surface area contributed by atoms with Gasteiger partial charge in [0.1, 0.15) is 10.8 Å². The Labute approximate surface area is 173 Å². The first-order valence-electron chi connectivity index (χ1n) is 9.83. The third-order valence-electron chi connectivity index (χ3n) is 5.46. The standard InChI is InChI=1S/C23H22N4OS/c1-17-16-18-6-2-3-7-19(18)27(17)22-10-9-20(29-22)23(28)26-14-12-25(13-15-26)21-8-4-5-11-24-21/h2-11,16H,12-15H2,1H3. The van der Waals surface area contributed by atoms with E-state index in [0.29, 0.717) is 13.1 Å². The Morgan fingerprint density at radius 2 is 1.76 bits per heavy atom. The zero-order valence-corrected chi connectivity index (χ0v) is 17.1. The first-order valence-corrected chi connectivity index (χ1v) is 10.6. The van der Waals surface area contributed by atoms with E-state index >= 15 is 0 Å². The van der Waals surface area contributed by atoms with E-state index in [0.717, 1.165) is 28.8 Å². The minimum atomic E-state index is 0.121. The summed E-state index contributed by atoms with van der Waals surface area (Å²) < 4.78 is 2.23. The number of hydrogen-bond acceptors (Lipinski definition) is 4. The number of nitrogens with zero attached hydrogens (tertiary/aromatic N) is 4. The number of aryl methyl sites for hydroxylation is 1. The van der Waals surface area contributed by atoms with Crippen LogP contribution in [0.4, 0.5) is 5.82 Å². The molecule has 0 spiro atoms. The highest BCUT2D eigenvalue weighted by Gasteiger charge is 2.24. The van der Waals surface area contributed by atoms with Crippen LogP contribution in [0.1, 0.15) is 15.4 Å². The fraction of sp³-hybridized carbons (Fsp3) is 0.217. The Balaban J connectivity index is 1.33. The van der Waals surface area contributed by atoms with Crippen molar-refractivity contribution in [3.05, 3.63) is 77.4 Å². The molecule has 1 fully saturated rings. The fourth-order valence-electron chi connectivity index (χ4n) is 3.98. The Hall–Kier alpha value is -3.12. The van der Waals surface area contributed by atoms with Gasteiger partial charge in [0.25, 0.3) is 5.91 Å². The summed E-state index contributed by atoms with van der Waals surface area (Å²) in [5, 5.41) is 2.30. The largest absolute Gasteiger partial charge is 0.353 e. The molecule has 1 aliphatic heterocycles. The molecule has 0 aliphatic carbocycles. The smallest absolute Gasteiger partial charge is 0.264 e. The number of rotatable bonds is 3. The number of fused-ring (bicyclic) bond motifs is 1. The number of pyridine rings is 1. The second kappa shape index (κ2) is 7.37. The first-order chi connectivity index (χ1) is 14.2. The lowest BCUT2D eigenvalue weighted by Crippen LogP contribution is -2.48. The van der Waals surface area contributed by atoms with E-state index in [1.165, 1.54) is 16.6 Å². The summed E-state index contributed by atoms with van der Waals surface area (Å²) in [7, 11) is 0. The summed E-state index contributed by atoms with van der Waals surface area (Å²) in [5.74, 6) is 1.10. The Kier molecular flexibility index (Phi) is 4.56. The van der Waals surface area contributed by atoms with Crippen LogP contribution < -0.4 is 4.90 Å². The molecule has 146 valence electrons. The van der Waals surface area contributed by atoms with Gasteiger partial charge in [0.05, 0.1) is 10.4 Å². The van der Waals surface area contributed by atoms with Gasteiger partial charge in [0.15, 0.2) is 0 Å². The topological polar surface area (TPSA) is 41.4 Å². The number of para-hydroxylation sites is 1. The molecular weight excluding hydrogens is 380 g/mol. The average molecular weight is 403 g/mol. The maximum atomic E-state index is 13.1. The first kappa shape index (κ1) is 17.9. The molecule has 5 nitrogen and oxygen atoms in total. The van der Waals surface area contributed by atoms with Crippen molar-refractivity contribution in [3.8, 4) is 5.00 Å². The van der Waals surface area contributed by atoms with Gasteiger partial charge in [-0.2, -0.15) is 0 Å². The number of piperazine rings is 1. The number of anilines is 1. The van der Waals surface area contributed by atoms with Crippen LogP contribution in [0.2, 0.25) is 0 Å². The number of hydrogen-bond donors (Lipinski definition) is 0. The molecule has 1 saturated heterocycles. The van der Waals surface area contributed by atoms with Gasteiger partial charge in [-0.1, -0.05) is 24.3 Å². The van der Waals surface area contributed by atoms with Crippen LogP contribution in [0.3, 0.4) is 0 Å². The van der Waals surface area contributed by atoms with E-state index in [1.807, 2.05) is 35.4 Å². The van der Waals surface area contributed by atoms with Gasteiger partial charge in [-0.3, -0.25) is 4.79 Å². The number of benzene rings is 1. The van der Waals surface area contributed by atoms with Gasteiger partial charge in [0.2, 0.25) is 0 Å². The molecule has 1 amide bonds. The molecule has 1 aromatic carbocycles. The number of amides is 1.